The zero-order valence-electron chi connectivity index (χ0n) is 16.9. The van der Waals surface area contributed by atoms with Gasteiger partial charge in [0.15, 0.2) is 18.1 Å². The Morgan fingerprint density at radius 3 is 2.43 bits per heavy atom. The van der Waals surface area contributed by atoms with Gasteiger partial charge in [-0.05, 0) is 50.2 Å². The van der Waals surface area contributed by atoms with E-state index in [0.29, 0.717) is 18.0 Å². The monoisotopic (exact) mass is 385 g/mol. The molecule has 1 N–H and O–H groups in total. The Morgan fingerprint density at radius 2 is 1.79 bits per heavy atom. The van der Waals surface area contributed by atoms with Gasteiger partial charge < -0.3 is 19.4 Å². The van der Waals surface area contributed by atoms with Gasteiger partial charge in [0.25, 0.3) is 5.91 Å². The molecule has 1 saturated heterocycles. The standard InChI is InChI=1S/C22H31N3O3/c1-24-13-9-10-18(24)19(25-14-7-3-4-8-15-25)16-23-22(26)17-28-21-12-6-5-11-20(21)27-2/h5-6,9-13,19H,3-4,7-8,14-17H2,1-2H3,(H,23,26)/t19-/m0/s1. The van der Waals surface area contributed by atoms with E-state index >= 15 is 0 Å². The van der Waals surface area contributed by atoms with Crippen LogP contribution in [0.1, 0.15) is 37.4 Å². The molecule has 0 radical (unpaired) electrons. The first-order valence-corrected chi connectivity index (χ1v) is 10.1. The Morgan fingerprint density at radius 1 is 1.07 bits per heavy atom. The molecule has 1 aliphatic heterocycles. The van der Waals surface area contributed by atoms with E-state index in [1.54, 1.807) is 13.2 Å². The lowest BCUT2D eigenvalue weighted by Crippen LogP contribution is -2.40. The van der Waals surface area contributed by atoms with Crippen LogP contribution in [0.5, 0.6) is 11.5 Å². The first-order valence-electron chi connectivity index (χ1n) is 10.1. The minimum atomic E-state index is -0.125. The van der Waals surface area contributed by atoms with Gasteiger partial charge in [0.05, 0.1) is 13.2 Å². The summed E-state index contributed by atoms with van der Waals surface area (Å²) in [5.41, 5.74) is 1.23. The van der Waals surface area contributed by atoms with Crippen molar-refractivity contribution in [2.45, 2.75) is 31.7 Å². The number of benzene rings is 1. The Balaban J connectivity index is 1.59. The van der Waals surface area contributed by atoms with Crippen molar-refractivity contribution in [3.05, 3.63) is 48.3 Å². The number of aryl methyl sites for hydroxylation is 1. The molecular formula is C22H31N3O3. The van der Waals surface area contributed by atoms with Crippen LogP contribution in [0.3, 0.4) is 0 Å². The number of para-hydroxylation sites is 2. The maximum Gasteiger partial charge on any atom is 0.258 e. The molecule has 1 aliphatic rings. The molecule has 28 heavy (non-hydrogen) atoms. The molecule has 0 bridgehead atoms. The quantitative estimate of drug-likeness (QED) is 0.758. The number of nitrogens with one attached hydrogen (secondary N) is 1. The summed E-state index contributed by atoms with van der Waals surface area (Å²) in [6.07, 6.45) is 7.06. The van der Waals surface area contributed by atoms with E-state index in [1.165, 1.54) is 31.4 Å². The lowest BCUT2D eigenvalue weighted by molar-refractivity contribution is -0.123. The van der Waals surface area contributed by atoms with Gasteiger partial charge in [0.1, 0.15) is 0 Å². The maximum atomic E-state index is 12.4. The molecule has 1 amide bonds. The van der Waals surface area contributed by atoms with Gasteiger partial charge in [-0.3, -0.25) is 9.69 Å². The topological polar surface area (TPSA) is 55.7 Å². The number of rotatable bonds is 8. The van der Waals surface area contributed by atoms with Crippen molar-refractivity contribution < 1.29 is 14.3 Å². The summed E-state index contributed by atoms with van der Waals surface area (Å²) < 4.78 is 13.1. The van der Waals surface area contributed by atoms with Gasteiger partial charge in [-0.1, -0.05) is 25.0 Å². The fourth-order valence-electron chi connectivity index (χ4n) is 3.79. The van der Waals surface area contributed by atoms with E-state index in [2.05, 4.69) is 40.2 Å². The minimum Gasteiger partial charge on any atom is -0.493 e. The van der Waals surface area contributed by atoms with Crippen LogP contribution in [-0.2, 0) is 11.8 Å². The minimum absolute atomic E-state index is 0.0275. The largest absolute Gasteiger partial charge is 0.493 e. The number of ether oxygens (including phenoxy) is 2. The van der Waals surface area contributed by atoms with E-state index in [1.807, 2.05) is 18.2 Å². The zero-order chi connectivity index (χ0) is 19.8. The molecule has 1 aromatic heterocycles. The molecular weight excluding hydrogens is 354 g/mol. The van der Waals surface area contributed by atoms with Crippen LogP contribution in [0.15, 0.2) is 42.6 Å². The van der Waals surface area contributed by atoms with E-state index < -0.39 is 0 Å². The molecule has 3 rings (SSSR count). The number of aromatic nitrogens is 1. The number of hydrogen-bond acceptors (Lipinski definition) is 4. The molecule has 0 saturated carbocycles. The van der Waals surface area contributed by atoms with Gasteiger partial charge in [0, 0.05) is 25.5 Å². The summed E-state index contributed by atoms with van der Waals surface area (Å²) in [5.74, 6) is 1.08. The summed E-state index contributed by atoms with van der Waals surface area (Å²) in [6.45, 7) is 2.69. The molecule has 6 nitrogen and oxygen atoms in total. The number of carbonyl (C=O) groups is 1. The number of amides is 1. The summed E-state index contributed by atoms with van der Waals surface area (Å²) in [4.78, 5) is 14.9. The second kappa shape index (κ2) is 10.2. The highest BCUT2D eigenvalue weighted by atomic mass is 16.5. The SMILES string of the molecule is COc1ccccc1OCC(=O)NC[C@@H](c1cccn1C)N1CCCCCC1. The predicted octanol–water partition coefficient (Wildman–Crippen LogP) is 3.15. The van der Waals surface area contributed by atoms with Crippen LogP contribution in [0.25, 0.3) is 0 Å². The highest BCUT2D eigenvalue weighted by Crippen LogP contribution is 2.26. The number of methoxy groups -OCH3 is 1. The Kier molecular flexibility index (Phi) is 7.37. The van der Waals surface area contributed by atoms with Crippen molar-refractivity contribution in [2.24, 2.45) is 7.05 Å². The van der Waals surface area contributed by atoms with Gasteiger partial charge in [-0.15, -0.1) is 0 Å². The zero-order valence-corrected chi connectivity index (χ0v) is 16.9. The van der Waals surface area contributed by atoms with Crippen LogP contribution in [0, 0.1) is 0 Å². The van der Waals surface area contributed by atoms with E-state index in [-0.39, 0.29) is 18.6 Å². The fraction of sp³-hybridized carbons (Fsp3) is 0.500. The number of nitrogens with zero attached hydrogens (tertiary/aromatic N) is 2. The second-order valence-electron chi connectivity index (χ2n) is 7.25. The molecule has 1 aromatic carbocycles. The molecule has 1 fully saturated rings. The molecule has 0 unspecified atom stereocenters. The average molecular weight is 386 g/mol. The van der Waals surface area contributed by atoms with Crippen molar-refractivity contribution in [3.63, 3.8) is 0 Å². The number of likely N-dealkylation sites (tertiary alicyclic amines) is 1. The van der Waals surface area contributed by atoms with Gasteiger partial charge in [-0.2, -0.15) is 0 Å². The van der Waals surface area contributed by atoms with E-state index in [0.717, 1.165) is 13.1 Å². The summed E-state index contributed by atoms with van der Waals surface area (Å²) in [7, 11) is 3.65. The third-order valence-corrected chi connectivity index (χ3v) is 5.33. The molecule has 6 heteroatoms. The number of hydrogen-bond donors (Lipinski definition) is 1. The fourth-order valence-corrected chi connectivity index (χ4v) is 3.79. The van der Waals surface area contributed by atoms with Crippen LogP contribution in [-0.4, -0.2) is 48.7 Å². The second-order valence-corrected chi connectivity index (χ2v) is 7.25. The summed E-state index contributed by atoms with van der Waals surface area (Å²) in [6, 6.07) is 11.7. The average Bonchev–Trinajstić information content (AvgIpc) is 2.96. The van der Waals surface area contributed by atoms with Crippen molar-refractivity contribution >= 4 is 5.91 Å². The van der Waals surface area contributed by atoms with Crippen molar-refractivity contribution in [1.29, 1.82) is 0 Å². The highest BCUT2D eigenvalue weighted by molar-refractivity contribution is 5.77. The van der Waals surface area contributed by atoms with Gasteiger partial charge in [-0.25, -0.2) is 0 Å². The van der Waals surface area contributed by atoms with Crippen LogP contribution in [0.2, 0.25) is 0 Å². The Bertz CT molecular complexity index is 751. The van der Waals surface area contributed by atoms with E-state index in [4.69, 9.17) is 9.47 Å². The third kappa shape index (κ3) is 5.29. The smallest absolute Gasteiger partial charge is 0.258 e. The van der Waals surface area contributed by atoms with Crippen LogP contribution in [0.4, 0.5) is 0 Å². The summed E-state index contributed by atoms with van der Waals surface area (Å²) in [5, 5.41) is 3.06. The lowest BCUT2D eigenvalue weighted by atomic mass is 10.1. The third-order valence-electron chi connectivity index (χ3n) is 5.33. The van der Waals surface area contributed by atoms with Crippen molar-refractivity contribution in [3.8, 4) is 11.5 Å². The Labute approximate surface area is 167 Å². The molecule has 152 valence electrons. The Hall–Kier alpha value is -2.47. The lowest BCUT2D eigenvalue weighted by Gasteiger charge is -2.31. The molecule has 0 aliphatic carbocycles. The highest BCUT2D eigenvalue weighted by Gasteiger charge is 2.24. The molecule has 2 aromatic rings. The van der Waals surface area contributed by atoms with Gasteiger partial charge >= 0.3 is 0 Å². The first kappa shape index (κ1) is 20.3. The van der Waals surface area contributed by atoms with Crippen LogP contribution >= 0.6 is 0 Å². The first-order chi connectivity index (χ1) is 13.7. The predicted molar refractivity (Wildman–Crippen MR) is 110 cm³/mol. The number of carbonyl (C=O) groups excluding carboxylic acids is 1. The molecule has 2 heterocycles. The van der Waals surface area contributed by atoms with Gasteiger partial charge in [0.2, 0.25) is 0 Å². The van der Waals surface area contributed by atoms with Crippen molar-refractivity contribution in [2.75, 3.05) is 33.4 Å². The molecule has 0 spiro atoms. The summed E-state index contributed by atoms with van der Waals surface area (Å²) >= 11 is 0. The van der Waals surface area contributed by atoms with Crippen molar-refractivity contribution in [1.82, 2.24) is 14.8 Å². The van der Waals surface area contributed by atoms with E-state index in [9.17, 15) is 4.79 Å². The normalized spacial score (nSPS) is 16.2. The molecule has 1 atom stereocenters. The van der Waals surface area contributed by atoms with Crippen LogP contribution < -0.4 is 14.8 Å². The maximum absolute atomic E-state index is 12.4.